The van der Waals surface area contributed by atoms with E-state index in [4.69, 9.17) is 32.7 Å². The van der Waals surface area contributed by atoms with Crippen LogP contribution in [0.25, 0.3) is 11.1 Å². The van der Waals surface area contributed by atoms with E-state index in [1.807, 2.05) is 31.2 Å². The summed E-state index contributed by atoms with van der Waals surface area (Å²) < 4.78 is 11.2. The van der Waals surface area contributed by atoms with E-state index in [9.17, 15) is 9.59 Å². The number of hydrogen-bond acceptors (Lipinski definition) is 4. The van der Waals surface area contributed by atoms with Crippen LogP contribution in [-0.4, -0.2) is 37.0 Å². The van der Waals surface area contributed by atoms with E-state index in [1.54, 1.807) is 26.2 Å². The van der Waals surface area contributed by atoms with Gasteiger partial charge in [0, 0.05) is 28.6 Å². The van der Waals surface area contributed by atoms with Crippen molar-refractivity contribution in [1.29, 1.82) is 0 Å². The Morgan fingerprint density at radius 3 is 2.60 bits per heavy atom. The normalized spacial score (nSPS) is 28.2. The molecule has 2 aliphatic heterocycles. The van der Waals surface area contributed by atoms with Crippen LogP contribution in [0.2, 0.25) is 10.0 Å². The number of Topliss-reactive ketones (excluding diaryl/α,β-unsaturated/α-hetero) is 2. The molecule has 4 atom stereocenters. The highest BCUT2D eigenvalue weighted by Crippen LogP contribution is 2.47. The van der Waals surface area contributed by atoms with Gasteiger partial charge in [0.2, 0.25) is 0 Å². The minimum Gasteiger partial charge on any atom is -0.384 e. The first-order valence-electron chi connectivity index (χ1n) is 10.1. The number of ether oxygens (including phenoxy) is 2. The lowest BCUT2D eigenvalue weighted by atomic mass is 9.76. The topological polar surface area (TPSA) is 52.6 Å². The van der Waals surface area contributed by atoms with Crippen LogP contribution in [0.4, 0.5) is 0 Å². The Labute approximate surface area is 186 Å². The number of rotatable bonds is 5. The van der Waals surface area contributed by atoms with Crippen molar-refractivity contribution in [2.75, 3.05) is 13.7 Å². The summed E-state index contributed by atoms with van der Waals surface area (Å²) in [4.78, 5) is 26.9. The molecule has 0 N–H and O–H groups in total. The van der Waals surface area contributed by atoms with E-state index in [0.717, 1.165) is 22.3 Å². The first-order valence-corrected chi connectivity index (χ1v) is 10.9. The van der Waals surface area contributed by atoms with Crippen molar-refractivity contribution in [1.82, 2.24) is 0 Å². The molecule has 2 aliphatic rings. The number of fused-ring (bicyclic) bond motifs is 2. The molecule has 2 fully saturated rings. The zero-order chi connectivity index (χ0) is 21.6. The summed E-state index contributed by atoms with van der Waals surface area (Å²) in [6.07, 6.45) is 0.644. The van der Waals surface area contributed by atoms with Gasteiger partial charge >= 0.3 is 0 Å². The molecule has 0 aromatic heterocycles. The minimum absolute atomic E-state index is 0.132. The second kappa shape index (κ2) is 8.08. The number of benzene rings is 2. The van der Waals surface area contributed by atoms with Gasteiger partial charge < -0.3 is 9.47 Å². The first kappa shape index (κ1) is 21.5. The third-order valence-corrected chi connectivity index (χ3v) is 7.01. The van der Waals surface area contributed by atoms with Crippen LogP contribution in [0, 0.1) is 5.92 Å². The van der Waals surface area contributed by atoms with Crippen LogP contribution in [0.3, 0.4) is 0 Å². The van der Waals surface area contributed by atoms with Gasteiger partial charge in [-0.1, -0.05) is 48.3 Å². The maximum absolute atomic E-state index is 13.6. The molecular weight excluding hydrogens is 423 g/mol. The number of aryl methyl sites for hydroxylation is 1. The molecule has 2 aromatic rings. The molecule has 4 rings (SSSR count). The molecule has 0 amide bonds. The van der Waals surface area contributed by atoms with Gasteiger partial charge in [0.15, 0.2) is 11.6 Å². The van der Waals surface area contributed by atoms with E-state index in [1.165, 1.54) is 0 Å². The smallest absolute Gasteiger partial charge is 0.179 e. The number of methoxy groups -OCH3 is 1. The Kier molecular flexibility index (Phi) is 5.80. The molecule has 158 valence electrons. The second-order valence-corrected chi connectivity index (χ2v) is 9.04. The van der Waals surface area contributed by atoms with Gasteiger partial charge in [-0.2, -0.15) is 0 Å². The first-order chi connectivity index (χ1) is 14.3. The Bertz CT molecular complexity index is 1020. The fourth-order valence-electron chi connectivity index (χ4n) is 4.76. The van der Waals surface area contributed by atoms with Gasteiger partial charge in [0.05, 0.1) is 6.61 Å². The molecule has 0 saturated carbocycles. The number of carbonyl (C=O) groups excluding carboxylic acids is 2. The molecule has 2 unspecified atom stereocenters. The lowest BCUT2D eigenvalue weighted by Gasteiger charge is -2.36. The zero-order valence-electron chi connectivity index (χ0n) is 17.2. The van der Waals surface area contributed by atoms with Crippen molar-refractivity contribution in [3.63, 3.8) is 0 Å². The maximum atomic E-state index is 13.6. The average Bonchev–Trinajstić information content (AvgIpc) is 3.02. The van der Waals surface area contributed by atoms with Crippen molar-refractivity contribution in [2.24, 2.45) is 5.92 Å². The highest BCUT2D eigenvalue weighted by molar-refractivity contribution is 6.36. The lowest BCUT2D eigenvalue weighted by Crippen LogP contribution is -2.52. The molecule has 2 aromatic carbocycles. The van der Waals surface area contributed by atoms with Crippen LogP contribution in [0.5, 0.6) is 0 Å². The summed E-state index contributed by atoms with van der Waals surface area (Å²) in [7, 11) is 1.60. The predicted molar refractivity (Wildman–Crippen MR) is 117 cm³/mol. The van der Waals surface area contributed by atoms with E-state index >= 15 is 0 Å². The van der Waals surface area contributed by atoms with Crippen LogP contribution in [0.1, 0.15) is 37.3 Å². The van der Waals surface area contributed by atoms with Crippen molar-refractivity contribution in [3.05, 3.63) is 57.6 Å². The number of halogens is 2. The lowest BCUT2D eigenvalue weighted by molar-refractivity contribution is -0.164. The fourth-order valence-corrected chi connectivity index (χ4v) is 5.28. The van der Waals surface area contributed by atoms with Crippen LogP contribution < -0.4 is 0 Å². The standard InChI is InChI=1S/C24H24Cl2O4/c1-4-13-5-6-14(17-8-7-16(25)11-19(17)26)9-18(13)21-22(27)20-10-15(12-29-3)24(2,30-20)23(21)28/h5-9,11,15,20-21H,4,10,12H2,1-3H3/t15?,20-,21?,24+/m0/s1. The maximum Gasteiger partial charge on any atom is 0.179 e. The molecule has 6 heteroatoms. The van der Waals surface area contributed by atoms with E-state index in [0.29, 0.717) is 29.5 Å². The van der Waals surface area contributed by atoms with E-state index in [2.05, 4.69) is 0 Å². The Balaban J connectivity index is 1.81. The number of ketones is 2. The quantitative estimate of drug-likeness (QED) is 0.587. The highest BCUT2D eigenvalue weighted by Gasteiger charge is 2.60. The van der Waals surface area contributed by atoms with Crippen LogP contribution in [-0.2, 0) is 25.5 Å². The van der Waals surface area contributed by atoms with Crippen molar-refractivity contribution in [3.8, 4) is 11.1 Å². The summed E-state index contributed by atoms with van der Waals surface area (Å²) in [6.45, 7) is 4.20. The van der Waals surface area contributed by atoms with E-state index < -0.39 is 17.6 Å². The molecule has 0 aliphatic carbocycles. The summed E-state index contributed by atoms with van der Waals surface area (Å²) in [5.41, 5.74) is 2.36. The summed E-state index contributed by atoms with van der Waals surface area (Å²) >= 11 is 12.5. The summed E-state index contributed by atoms with van der Waals surface area (Å²) in [5.74, 6) is -1.31. The zero-order valence-corrected chi connectivity index (χ0v) is 18.7. The largest absolute Gasteiger partial charge is 0.384 e. The van der Waals surface area contributed by atoms with Crippen molar-refractivity contribution >= 4 is 34.8 Å². The van der Waals surface area contributed by atoms with Gasteiger partial charge in [0.1, 0.15) is 17.6 Å². The van der Waals surface area contributed by atoms with Gasteiger partial charge in [-0.15, -0.1) is 0 Å². The molecule has 2 bridgehead atoms. The van der Waals surface area contributed by atoms with E-state index in [-0.39, 0.29) is 17.5 Å². The van der Waals surface area contributed by atoms with Crippen LogP contribution >= 0.6 is 23.2 Å². The molecule has 2 saturated heterocycles. The molecule has 30 heavy (non-hydrogen) atoms. The molecule has 2 heterocycles. The highest BCUT2D eigenvalue weighted by atomic mass is 35.5. The van der Waals surface area contributed by atoms with Crippen molar-refractivity contribution in [2.45, 2.75) is 44.3 Å². The molecular formula is C24H24Cl2O4. The SMILES string of the molecule is CCc1ccc(-c2ccc(Cl)cc2Cl)cc1C1C(=O)[C@@H]2CC(COC)[C@@](C)(O2)C1=O. The molecule has 0 spiro atoms. The second-order valence-electron chi connectivity index (χ2n) is 8.19. The van der Waals surface area contributed by atoms with Crippen molar-refractivity contribution < 1.29 is 19.1 Å². The molecule has 4 nitrogen and oxygen atoms in total. The monoisotopic (exact) mass is 446 g/mol. The average molecular weight is 447 g/mol. The summed E-state index contributed by atoms with van der Waals surface area (Å²) in [5, 5.41) is 1.08. The minimum atomic E-state index is -1.02. The van der Waals surface area contributed by atoms with Gasteiger partial charge in [-0.25, -0.2) is 0 Å². The van der Waals surface area contributed by atoms with Gasteiger partial charge in [0.25, 0.3) is 0 Å². The predicted octanol–water partition coefficient (Wildman–Crippen LogP) is 5.27. The molecule has 0 radical (unpaired) electrons. The Morgan fingerprint density at radius 2 is 1.93 bits per heavy atom. The number of hydrogen-bond donors (Lipinski definition) is 0. The third-order valence-electron chi connectivity index (χ3n) is 6.47. The van der Waals surface area contributed by atoms with Gasteiger partial charge in [-0.3, -0.25) is 9.59 Å². The van der Waals surface area contributed by atoms with Crippen LogP contribution in [0.15, 0.2) is 36.4 Å². The summed E-state index contributed by atoms with van der Waals surface area (Å²) in [6, 6.07) is 11.2. The Morgan fingerprint density at radius 1 is 1.17 bits per heavy atom. The Hall–Kier alpha value is -1.72. The fraction of sp³-hybridized carbons (Fsp3) is 0.417. The third kappa shape index (κ3) is 3.40. The van der Waals surface area contributed by atoms with Gasteiger partial charge in [-0.05, 0) is 54.7 Å². The number of carbonyl (C=O) groups is 2.